The molecule has 7 rings (SSSR count). The van der Waals surface area contributed by atoms with Crippen LogP contribution in [0.3, 0.4) is 0 Å². The molecule has 0 spiro atoms. The largest absolute Gasteiger partial charge is 0.497 e. The van der Waals surface area contributed by atoms with Gasteiger partial charge < -0.3 is 28.8 Å². The monoisotopic (exact) mass is 676 g/mol. The Morgan fingerprint density at radius 3 is 2.04 bits per heavy atom. The average molecular weight is 677 g/mol. The number of carbonyl (C=O) groups is 1. The molecular formula is C38H33FN4O7. The lowest BCUT2D eigenvalue weighted by Gasteiger charge is -2.37. The molecule has 0 radical (unpaired) electrons. The molecule has 50 heavy (non-hydrogen) atoms. The van der Waals surface area contributed by atoms with Crippen LogP contribution >= 0.6 is 0 Å². The molecule has 1 aliphatic rings. The van der Waals surface area contributed by atoms with Gasteiger partial charge in [0.1, 0.15) is 29.4 Å². The molecule has 1 N–H and O–H groups in total. The fourth-order valence-corrected chi connectivity index (χ4v) is 6.19. The van der Waals surface area contributed by atoms with E-state index in [1.807, 2.05) is 78.9 Å². The highest BCUT2D eigenvalue weighted by Crippen LogP contribution is 2.43. The molecule has 4 aromatic carbocycles. The van der Waals surface area contributed by atoms with Gasteiger partial charge in [-0.15, -0.1) is 0 Å². The number of hydrogen-bond donors (Lipinski definition) is 1. The van der Waals surface area contributed by atoms with E-state index in [9.17, 15) is 14.3 Å². The molecule has 6 aromatic rings. The van der Waals surface area contributed by atoms with Crippen molar-refractivity contribution in [3.8, 4) is 17.4 Å². The Labute approximate surface area is 286 Å². The Morgan fingerprint density at radius 2 is 1.44 bits per heavy atom. The number of methoxy groups -OCH3 is 2. The number of rotatable bonds is 11. The van der Waals surface area contributed by atoms with Crippen molar-refractivity contribution in [2.75, 3.05) is 20.8 Å². The van der Waals surface area contributed by atoms with Crippen LogP contribution < -0.4 is 14.2 Å². The molecule has 12 heteroatoms. The van der Waals surface area contributed by atoms with Crippen LogP contribution in [-0.2, 0) is 15.1 Å². The van der Waals surface area contributed by atoms with Gasteiger partial charge >= 0.3 is 12.0 Å². The van der Waals surface area contributed by atoms with Gasteiger partial charge in [-0.05, 0) is 53.1 Å². The summed E-state index contributed by atoms with van der Waals surface area (Å²) in [5.41, 5.74) is 1.74. The third-order valence-corrected chi connectivity index (χ3v) is 8.71. The molecule has 3 heterocycles. The zero-order chi connectivity index (χ0) is 34.7. The number of benzene rings is 4. The van der Waals surface area contributed by atoms with Crippen LogP contribution in [0.1, 0.15) is 39.7 Å². The Hall–Kier alpha value is -5.69. The third-order valence-electron chi connectivity index (χ3n) is 8.71. The number of hydrogen-bond acceptors (Lipinski definition) is 10. The maximum Gasteiger partial charge on any atom is 0.344 e. The van der Waals surface area contributed by atoms with Gasteiger partial charge in [-0.25, -0.2) is 9.78 Å². The van der Waals surface area contributed by atoms with Gasteiger partial charge in [0.15, 0.2) is 11.2 Å². The highest BCUT2D eigenvalue weighted by molar-refractivity contribution is 5.92. The number of halogens is 1. The molecule has 11 nitrogen and oxygen atoms in total. The van der Waals surface area contributed by atoms with Crippen LogP contribution in [0.15, 0.2) is 116 Å². The highest BCUT2D eigenvalue weighted by atomic mass is 19.1. The molecule has 3 atom stereocenters. The van der Waals surface area contributed by atoms with Gasteiger partial charge in [-0.3, -0.25) is 4.57 Å². The Bertz CT molecular complexity index is 2030. The quantitative estimate of drug-likeness (QED) is 0.101. The molecule has 254 valence electrons. The summed E-state index contributed by atoms with van der Waals surface area (Å²) in [6.45, 7) is -0.0272. The molecule has 0 unspecified atom stereocenters. The summed E-state index contributed by atoms with van der Waals surface area (Å²) in [4.78, 5) is 24.6. The standard InChI is InChI=1S/C38H33FN4O7/c1-46-28-17-13-26(14-18-28)38(25-11-7-4-8-12-25,27-15-19-29(47-2)20-16-27)48-22-31-30(44)21-32(49-31)43-23-40-33-34(43)41-37(39)42-35(33)50-36(45)24-9-5-3-6-10-24/h3-20,23,30-32,44H,21-22H2,1-2H3/t30-,31+,32+/m0/s1. The molecule has 0 bridgehead atoms. The topological polar surface area (TPSA) is 127 Å². The van der Waals surface area contributed by atoms with Crippen LogP contribution in [0.5, 0.6) is 17.4 Å². The van der Waals surface area contributed by atoms with E-state index in [0.717, 1.165) is 16.7 Å². The SMILES string of the molecule is COc1ccc(C(OC[C@H]2O[C@@H](n3cnc4c(OC(=O)c5ccccc5)nc(F)nc43)C[C@@H]2O)(c2ccccc2)c2ccc(OC)cc2)cc1. The molecule has 1 fully saturated rings. The Balaban J connectivity index is 1.19. The van der Waals surface area contributed by atoms with Crippen LogP contribution in [0.25, 0.3) is 11.2 Å². The summed E-state index contributed by atoms with van der Waals surface area (Å²) in [6.07, 6.45) is -2.13. The number of carbonyl (C=O) groups excluding carboxylic acids is 1. The minimum absolute atomic E-state index is 0.0272. The van der Waals surface area contributed by atoms with Gasteiger partial charge in [0, 0.05) is 6.42 Å². The van der Waals surface area contributed by atoms with Crippen LogP contribution in [-0.4, -0.2) is 63.6 Å². The number of aromatic nitrogens is 4. The zero-order valence-electron chi connectivity index (χ0n) is 27.2. The maximum absolute atomic E-state index is 14.7. The number of aliphatic hydroxyl groups is 1. The summed E-state index contributed by atoms with van der Waals surface area (Å²) in [7, 11) is 3.22. The summed E-state index contributed by atoms with van der Waals surface area (Å²) in [6, 6.07) is 33.3. The fraction of sp³-hybridized carbons (Fsp3) is 0.211. The van der Waals surface area contributed by atoms with Crippen molar-refractivity contribution < 1.29 is 38.0 Å². The van der Waals surface area contributed by atoms with E-state index in [0.29, 0.717) is 11.5 Å². The lowest BCUT2D eigenvalue weighted by molar-refractivity contribution is -0.0931. The van der Waals surface area contributed by atoms with Crippen LogP contribution in [0.4, 0.5) is 4.39 Å². The van der Waals surface area contributed by atoms with E-state index < -0.39 is 36.1 Å². The number of imidazole rings is 1. The summed E-state index contributed by atoms with van der Waals surface area (Å²) >= 11 is 0. The minimum atomic E-state index is -1.13. The van der Waals surface area contributed by atoms with E-state index in [-0.39, 0.29) is 35.6 Å². The van der Waals surface area contributed by atoms with E-state index in [2.05, 4.69) is 15.0 Å². The molecule has 0 saturated carbocycles. The first-order chi connectivity index (χ1) is 24.4. The predicted octanol–water partition coefficient (Wildman–Crippen LogP) is 5.86. The smallest absolute Gasteiger partial charge is 0.344 e. The number of esters is 1. The van der Waals surface area contributed by atoms with Crippen molar-refractivity contribution >= 4 is 17.1 Å². The van der Waals surface area contributed by atoms with Crippen LogP contribution in [0.2, 0.25) is 0 Å². The van der Waals surface area contributed by atoms with Crippen molar-refractivity contribution in [1.82, 2.24) is 19.5 Å². The van der Waals surface area contributed by atoms with E-state index in [1.54, 1.807) is 44.6 Å². The molecule has 2 aromatic heterocycles. The van der Waals surface area contributed by atoms with Crippen molar-refractivity contribution in [1.29, 1.82) is 0 Å². The second kappa shape index (κ2) is 14.0. The first-order valence-corrected chi connectivity index (χ1v) is 15.9. The summed E-state index contributed by atoms with van der Waals surface area (Å²) in [5.74, 6) is 0.326. The van der Waals surface area contributed by atoms with Crippen molar-refractivity contribution in [3.63, 3.8) is 0 Å². The van der Waals surface area contributed by atoms with Gasteiger partial charge in [0.25, 0.3) is 5.88 Å². The maximum atomic E-state index is 14.7. The first kappa shape index (κ1) is 32.8. The van der Waals surface area contributed by atoms with Crippen molar-refractivity contribution in [3.05, 3.63) is 144 Å². The number of nitrogens with zero attached hydrogens (tertiary/aromatic N) is 4. The highest BCUT2D eigenvalue weighted by Gasteiger charge is 2.42. The molecule has 1 saturated heterocycles. The average Bonchev–Trinajstić information content (AvgIpc) is 3.76. The molecule has 0 aliphatic carbocycles. The fourth-order valence-electron chi connectivity index (χ4n) is 6.19. The Morgan fingerprint density at radius 1 is 0.860 bits per heavy atom. The van der Waals surface area contributed by atoms with Gasteiger partial charge in [-0.1, -0.05) is 72.8 Å². The van der Waals surface area contributed by atoms with Gasteiger partial charge in [0.2, 0.25) is 0 Å². The lowest BCUT2D eigenvalue weighted by Crippen LogP contribution is -2.38. The zero-order valence-corrected chi connectivity index (χ0v) is 27.2. The molecular weight excluding hydrogens is 643 g/mol. The van der Waals surface area contributed by atoms with Crippen molar-refractivity contribution in [2.24, 2.45) is 0 Å². The number of aliphatic hydroxyl groups excluding tert-OH is 1. The summed E-state index contributed by atoms with van der Waals surface area (Å²) < 4.78 is 45.7. The van der Waals surface area contributed by atoms with E-state index in [1.165, 1.54) is 10.9 Å². The van der Waals surface area contributed by atoms with Crippen LogP contribution in [0, 0.1) is 6.08 Å². The van der Waals surface area contributed by atoms with Crippen molar-refractivity contribution in [2.45, 2.75) is 30.5 Å². The number of ether oxygens (including phenoxy) is 5. The molecule has 1 aliphatic heterocycles. The summed E-state index contributed by atoms with van der Waals surface area (Å²) in [5, 5.41) is 11.3. The van der Waals surface area contributed by atoms with Gasteiger partial charge in [-0.2, -0.15) is 14.4 Å². The first-order valence-electron chi connectivity index (χ1n) is 15.9. The van der Waals surface area contributed by atoms with E-state index in [4.69, 9.17) is 23.7 Å². The second-order valence-electron chi connectivity index (χ2n) is 11.6. The predicted molar refractivity (Wildman–Crippen MR) is 179 cm³/mol. The lowest BCUT2D eigenvalue weighted by atomic mass is 9.80. The second-order valence-corrected chi connectivity index (χ2v) is 11.6. The number of fused-ring (bicyclic) bond motifs is 1. The minimum Gasteiger partial charge on any atom is -0.497 e. The van der Waals surface area contributed by atoms with E-state index >= 15 is 0 Å². The third kappa shape index (κ3) is 6.27. The Kier molecular flexibility index (Phi) is 9.22. The molecule has 0 amide bonds. The van der Waals surface area contributed by atoms with Gasteiger partial charge in [0.05, 0.1) is 38.8 Å². The normalized spacial score (nSPS) is 17.5.